The van der Waals surface area contributed by atoms with Gasteiger partial charge >= 0.3 is 0 Å². The highest BCUT2D eigenvalue weighted by Crippen LogP contribution is 2.28. The molecule has 0 amide bonds. The predicted octanol–water partition coefficient (Wildman–Crippen LogP) is 3.14. The second kappa shape index (κ2) is 6.57. The number of aromatic nitrogens is 1. The van der Waals surface area contributed by atoms with Gasteiger partial charge in [-0.2, -0.15) is 0 Å². The first-order valence-electron chi connectivity index (χ1n) is 8.23. The second-order valence-electron chi connectivity index (χ2n) is 6.48. The minimum atomic E-state index is 0.665. The van der Waals surface area contributed by atoms with Crippen molar-refractivity contribution < 1.29 is 0 Å². The predicted molar refractivity (Wildman–Crippen MR) is 84.2 cm³/mol. The van der Waals surface area contributed by atoms with Gasteiger partial charge in [0.25, 0.3) is 0 Å². The number of pyridine rings is 1. The Labute approximate surface area is 122 Å². The Morgan fingerprint density at radius 1 is 1.15 bits per heavy atom. The van der Waals surface area contributed by atoms with E-state index in [1.54, 1.807) is 0 Å². The van der Waals surface area contributed by atoms with Crippen LogP contribution in [-0.2, 0) is 0 Å². The first-order chi connectivity index (χ1) is 9.83. The number of aryl methyl sites for hydroxylation is 1. The summed E-state index contributed by atoms with van der Waals surface area (Å²) in [5.41, 5.74) is 2.56. The van der Waals surface area contributed by atoms with Crippen molar-refractivity contribution in [2.75, 3.05) is 24.5 Å². The Balaban J connectivity index is 1.71. The summed E-state index contributed by atoms with van der Waals surface area (Å²) in [5.74, 6) is 0.877. The van der Waals surface area contributed by atoms with E-state index in [2.05, 4.69) is 28.2 Å². The van der Waals surface area contributed by atoms with Gasteiger partial charge in [-0.25, -0.2) is 0 Å². The van der Waals surface area contributed by atoms with Crippen LogP contribution >= 0.6 is 0 Å². The molecule has 20 heavy (non-hydrogen) atoms. The lowest BCUT2D eigenvalue weighted by atomic mass is 9.83. The van der Waals surface area contributed by atoms with Gasteiger partial charge in [0.2, 0.25) is 0 Å². The monoisotopic (exact) mass is 273 g/mol. The third-order valence-corrected chi connectivity index (χ3v) is 4.87. The lowest BCUT2D eigenvalue weighted by Crippen LogP contribution is -2.43. The van der Waals surface area contributed by atoms with Crippen molar-refractivity contribution in [2.45, 2.75) is 51.5 Å². The number of nitrogens with one attached hydrogen (secondary N) is 1. The molecule has 3 nitrogen and oxygen atoms in total. The van der Waals surface area contributed by atoms with Gasteiger partial charge in [-0.05, 0) is 50.3 Å². The first-order valence-corrected chi connectivity index (χ1v) is 8.23. The van der Waals surface area contributed by atoms with Crippen LogP contribution in [0.1, 0.15) is 44.1 Å². The van der Waals surface area contributed by atoms with Crippen LogP contribution < -0.4 is 10.2 Å². The zero-order chi connectivity index (χ0) is 13.8. The summed E-state index contributed by atoms with van der Waals surface area (Å²) >= 11 is 0. The summed E-state index contributed by atoms with van der Waals surface area (Å²) in [7, 11) is 0. The highest BCUT2D eigenvalue weighted by Gasteiger charge is 2.27. The highest BCUT2D eigenvalue weighted by molar-refractivity contribution is 5.46. The Morgan fingerprint density at radius 3 is 2.80 bits per heavy atom. The normalized spacial score (nSPS) is 25.4. The average molecular weight is 273 g/mol. The molecule has 0 bridgehead atoms. The first kappa shape index (κ1) is 13.9. The van der Waals surface area contributed by atoms with E-state index < -0.39 is 0 Å². The zero-order valence-electron chi connectivity index (χ0n) is 12.6. The Bertz CT molecular complexity index is 426. The molecule has 1 aromatic rings. The summed E-state index contributed by atoms with van der Waals surface area (Å²) < 4.78 is 0. The summed E-state index contributed by atoms with van der Waals surface area (Å²) in [6, 6.07) is 2.94. The van der Waals surface area contributed by atoms with Crippen molar-refractivity contribution in [3.63, 3.8) is 0 Å². The maximum atomic E-state index is 4.37. The topological polar surface area (TPSA) is 28.2 Å². The average Bonchev–Trinajstić information content (AvgIpc) is 2.74. The maximum Gasteiger partial charge on any atom is 0.0555 e. The van der Waals surface area contributed by atoms with Crippen LogP contribution in [0, 0.1) is 12.8 Å². The molecule has 1 saturated carbocycles. The van der Waals surface area contributed by atoms with Crippen LogP contribution in [0.25, 0.3) is 0 Å². The van der Waals surface area contributed by atoms with E-state index in [9.17, 15) is 0 Å². The second-order valence-corrected chi connectivity index (χ2v) is 6.48. The third kappa shape index (κ3) is 3.32. The summed E-state index contributed by atoms with van der Waals surface area (Å²) in [6.07, 6.45) is 12.3. The van der Waals surface area contributed by atoms with Crippen molar-refractivity contribution in [3.05, 3.63) is 24.0 Å². The summed E-state index contributed by atoms with van der Waals surface area (Å²) in [6.45, 7) is 5.60. The fourth-order valence-electron chi connectivity index (χ4n) is 3.75. The highest BCUT2D eigenvalue weighted by atomic mass is 15.2. The zero-order valence-corrected chi connectivity index (χ0v) is 12.6. The molecule has 1 N–H and O–H groups in total. The molecule has 1 aliphatic carbocycles. The number of rotatable bonds is 2. The van der Waals surface area contributed by atoms with Crippen LogP contribution in [0.15, 0.2) is 18.5 Å². The van der Waals surface area contributed by atoms with Crippen molar-refractivity contribution in [2.24, 2.45) is 5.92 Å². The van der Waals surface area contributed by atoms with E-state index in [4.69, 9.17) is 0 Å². The Kier molecular flexibility index (Phi) is 4.56. The fourth-order valence-corrected chi connectivity index (χ4v) is 3.75. The van der Waals surface area contributed by atoms with Crippen LogP contribution in [0.5, 0.6) is 0 Å². The summed E-state index contributed by atoms with van der Waals surface area (Å²) in [4.78, 5) is 6.91. The third-order valence-electron chi connectivity index (χ3n) is 4.87. The molecular weight excluding hydrogens is 246 g/mol. The van der Waals surface area contributed by atoms with E-state index in [0.717, 1.165) is 25.6 Å². The Morgan fingerprint density at radius 2 is 2.00 bits per heavy atom. The lowest BCUT2D eigenvalue weighted by Gasteiger charge is -2.33. The molecule has 0 aromatic carbocycles. The van der Waals surface area contributed by atoms with E-state index in [-0.39, 0.29) is 0 Å². The van der Waals surface area contributed by atoms with Gasteiger partial charge in [-0.15, -0.1) is 0 Å². The molecule has 0 radical (unpaired) electrons. The van der Waals surface area contributed by atoms with Gasteiger partial charge in [0, 0.05) is 25.3 Å². The van der Waals surface area contributed by atoms with Gasteiger partial charge in [-0.3, -0.25) is 4.98 Å². The van der Waals surface area contributed by atoms with Gasteiger partial charge in [0.15, 0.2) is 0 Å². The van der Waals surface area contributed by atoms with Crippen LogP contribution in [0.3, 0.4) is 0 Å². The lowest BCUT2D eigenvalue weighted by molar-refractivity contribution is 0.277. The van der Waals surface area contributed by atoms with E-state index in [1.165, 1.54) is 49.8 Å². The quantitative estimate of drug-likeness (QED) is 0.897. The van der Waals surface area contributed by atoms with Gasteiger partial charge in [0.1, 0.15) is 0 Å². The smallest absolute Gasteiger partial charge is 0.0555 e. The van der Waals surface area contributed by atoms with Crippen molar-refractivity contribution in [3.8, 4) is 0 Å². The van der Waals surface area contributed by atoms with Gasteiger partial charge in [0.05, 0.1) is 11.9 Å². The molecule has 2 heterocycles. The minimum Gasteiger partial charge on any atom is -0.369 e. The van der Waals surface area contributed by atoms with Crippen LogP contribution in [0.2, 0.25) is 0 Å². The molecule has 1 aromatic heterocycles. The van der Waals surface area contributed by atoms with Gasteiger partial charge in [-0.1, -0.05) is 19.3 Å². The molecule has 3 heteroatoms. The number of hydrogen-bond acceptors (Lipinski definition) is 3. The molecule has 2 aliphatic rings. The molecule has 1 saturated heterocycles. The molecular formula is C17H27N3. The maximum absolute atomic E-state index is 4.37. The number of nitrogens with zero attached hydrogens (tertiary/aromatic N) is 2. The molecule has 3 rings (SSSR count). The standard InChI is InChI=1S/C17H27N3/c1-14-10-16(12-18-11-14)20-9-5-8-19-17(13-20)15-6-3-2-4-7-15/h10-12,15,17,19H,2-9,13H2,1H3. The molecule has 0 spiro atoms. The minimum absolute atomic E-state index is 0.665. The molecule has 110 valence electrons. The summed E-state index contributed by atoms with van der Waals surface area (Å²) in [5, 5.41) is 3.80. The number of anilines is 1. The van der Waals surface area contributed by atoms with E-state index in [0.29, 0.717) is 6.04 Å². The number of hydrogen-bond donors (Lipinski definition) is 1. The SMILES string of the molecule is Cc1cncc(N2CCCNC(C3CCCCC3)C2)c1. The van der Waals surface area contributed by atoms with Crippen molar-refractivity contribution in [1.82, 2.24) is 10.3 Å². The van der Waals surface area contributed by atoms with Crippen LogP contribution in [0.4, 0.5) is 5.69 Å². The largest absolute Gasteiger partial charge is 0.369 e. The van der Waals surface area contributed by atoms with E-state index in [1.807, 2.05) is 12.4 Å². The molecule has 1 aliphatic heterocycles. The fraction of sp³-hybridized carbons (Fsp3) is 0.706. The van der Waals surface area contributed by atoms with Crippen molar-refractivity contribution in [1.29, 1.82) is 0 Å². The van der Waals surface area contributed by atoms with E-state index >= 15 is 0 Å². The molecule has 1 atom stereocenters. The van der Waals surface area contributed by atoms with Crippen LogP contribution in [-0.4, -0.2) is 30.7 Å². The van der Waals surface area contributed by atoms with Crippen molar-refractivity contribution >= 4 is 5.69 Å². The molecule has 2 fully saturated rings. The van der Waals surface area contributed by atoms with Gasteiger partial charge < -0.3 is 10.2 Å². The molecule has 1 unspecified atom stereocenters. The Hall–Kier alpha value is -1.09.